The first kappa shape index (κ1) is 10.9. The van der Waals surface area contributed by atoms with Crippen molar-refractivity contribution < 1.29 is 9.47 Å². The van der Waals surface area contributed by atoms with Crippen molar-refractivity contribution in [2.45, 2.75) is 18.9 Å². The van der Waals surface area contributed by atoms with E-state index in [4.69, 9.17) is 14.7 Å². The smallest absolute Gasteiger partial charge is 0.156 e. The predicted molar refractivity (Wildman–Crippen MR) is 55.3 cm³/mol. The summed E-state index contributed by atoms with van der Waals surface area (Å²) in [6.07, 6.45) is 2.10. The second kappa shape index (κ2) is 5.45. The average Bonchev–Trinajstić information content (AvgIpc) is 2.31. The fourth-order valence-electron chi connectivity index (χ4n) is 2.24. The Hall–Kier alpha value is -0.630. The molecule has 0 aromatic rings. The standard InChI is InChI=1S/C11H18N2O2/c12-7-11-9-13(3-6-15-11)8-10-1-4-14-5-2-10/h10-11H,1-6,8-9H2. The van der Waals surface area contributed by atoms with E-state index in [9.17, 15) is 0 Å². The molecule has 0 aromatic heterocycles. The van der Waals surface area contributed by atoms with Crippen molar-refractivity contribution in [3.05, 3.63) is 0 Å². The zero-order chi connectivity index (χ0) is 10.5. The fourth-order valence-corrected chi connectivity index (χ4v) is 2.24. The molecule has 0 saturated carbocycles. The maximum Gasteiger partial charge on any atom is 0.156 e. The molecule has 2 rings (SSSR count). The van der Waals surface area contributed by atoms with Crippen molar-refractivity contribution in [2.75, 3.05) is 39.5 Å². The summed E-state index contributed by atoms with van der Waals surface area (Å²) in [5, 5.41) is 8.79. The molecule has 1 atom stereocenters. The number of rotatable bonds is 2. The lowest BCUT2D eigenvalue weighted by molar-refractivity contribution is -0.0157. The van der Waals surface area contributed by atoms with Gasteiger partial charge in [0.25, 0.3) is 0 Å². The van der Waals surface area contributed by atoms with Gasteiger partial charge in [-0.15, -0.1) is 0 Å². The van der Waals surface area contributed by atoms with Gasteiger partial charge in [-0.25, -0.2) is 0 Å². The predicted octanol–water partition coefficient (Wildman–Crippen LogP) is 0.637. The van der Waals surface area contributed by atoms with E-state index in [1.54, 1.807) is 0 Å². The summed E-state index contributed by atoms with van der Waals surface area (Å²) < 4.78 is 10.7. The van der Waals surface area contributed by atoms with Crippen molar-refractivity contribution >= 4 is 0 Å². The summed E-state index contributed by atoms with van der Waals surface area (Å²) >= 11 is 0. The van der Waals surface area contributed by atoms with Gasteiger partial charge >= 0.3 is 0 Å². The average molecular weight is 210 g/mol. The third-order valence-corrected chi connectivity index (χ3v) is 3.15. The van der Waals surface area contributed by atoms with Crippen LogP contribution in [0.2, 0.25) is 0 Å². The van der Waals surface area contributed by atoms with Crippen LogP contribution in [0.4, 0.5) is 0 Å². The van der Waals surface area contributed by atoms with Crippen LogP contribution in [0.15, 0.2) is 0 Å². The molecule has 1 unspecified atom stereocenters. The summed E-state index contributed by atoms with van der Waals surface area (Å²) in [6.45, 7) is 5.34. The molecular formula is C11H18N2O2. The number of hydrogen-bond donors (Lipinski definition) is 0. The van der Waals surface area contributed by atoms with Gasteiger partial charge in [-0.2, -0.15) is 5.26 Å². The highest BCUT2D eigenvalue weighted by molar-refractivity contribution is 4.89. The van der Waals surface area contributed by atoms with Crippen LogP contribution in [0.25, 0.3) is 0 Å². The third kappa shape index (κ3) is 3.16. The molecule has 0 amide bonds. The molecule has 2 fully saturated rings. The maximum absolute atomic E-state index is 8.79. The molecule has 0 bridgehead atoms. The van der Waals surface area contributed by atoms with Crippen molar-refractivity contribution in [1.29, 1.82) is 5.26 Å². The monoisotopic (exact) mass is 210 g/mol. The van der Waals surface area contributed by atoms with Gasteiger partial charge in [-0.1, -0.05) is 0 Å². The molecule has 0 spiro atoms. The lowest BCUT2D eigenvalue weighted by Crippen LogP contribution is -2.44. The van der Waals surface area contributed by atoms with E-state index in [0.29, 0.717) is 6.61 Å². The SMILES string of the molecule is N#CC1CN(CC2CCOCC2)CCO1. The van der Waals surface area contributed by atoms with E-state index in [2.05, 4.69) is 11.0 Å². The molecule has 2 aliphatic rings. The number of ether oxygens (including phenoxy) is 2. The van der Waals surface area contributed by atoms with Crippen LogP contribution in [0.3, 0.4) is 0 Å². The highest BCUT2D eigenvalue weighted by Crippen LogP contribution is 2.17. The van der Waals surface area contributed by atoms with E-state index in [1.807, 2.05) is 0 Å². The molecule has 0 radical (unpaired) electrons. The van der Waals surface area contributed by atoms with Crippen molar-refractivity contribution in [2.24, 2.45) is 5.92 Å². The van der Waals surface area contributed by atoms with E-state index in [-0.39, 0.29) is 6.10 Å². The van der Waals surface area contributed by atoms with Crippen LogP contribution in [-0.2, 0) is 9.47 Å². The maximum atomic E-state index is 8.79. The van der Waals surface area contributed by atoms with E-state index >= 15 is 0 Å². The van der Waals surface area contributed by atoms with E-state index in [1.165, 1.54) is 0 Å². The van der Waals surface area contributed by atoms with Crippen LogP contribution >= 0.6 is 0 Å². The van der Waals surface area contributed by atoms with Gasteiger partial charge in [0.05, 0.1) is 12.7 Å². The minimum atomic E-state index is -0.224. The highest BCUT2D eigenvalue weighted by Gasteiger charge is 2.23. The second-order valence-electron chi connectivity index (χ2n) is 4.30. The Morgan fingerprint density at radius 2 is 2.07 bits per heavy atom. The largest absolute Gasteiger partial charge is 0.381 e. The second-order valence-corrected chi connectivity index (χ2v) is 4.30. The summed E-state index contributed by atoms with van der Waals surface area (Å²) in [7, 11) is 0. The molecule has 0 aliphatic carbocycles. The van der Waals surface area contributed by atoms with Gasteiger partial charge in [0.15, 0.2) is 6.10 Å². The van der Waals surface area contributed by atoms with Crippen LogP contribution in [0, 0.1) is 17.2 Å². The molecule has 84 valence electrons. The van der Waals surface area contributed by atoms with Crippen LogP contribution in [0.1, 0.15) is 12.8 Å². The number of nitriles is 1. The summed E-state index contributed by atoms with van der Waals surface area (Å²) in [5.74, 6) is 0.746. The molecule has 2 aliphatic heterocycles. The van der Waals surface area contributed by atoms with Gasteiger partial charge in [-0.05, 0) is 18.8 Å². The lowest BCUT2D eigenvalue weighted by Gasteiger charge is -2.33. The highest BCUT2D eigenvalue weighted by atomic mass is 16.5. The zero-order valence-corrected chi connectivity index (χ0v) is 9.02. The zero-order valence-electron chi connectivity index (χ0n) is 9.02. The first-order chi connectivity index (χ1) is 7.38. The number of hydrogen-bond acceptors (Lipinski definition) is 4. The van der Waals surface area contributed by atoms with Gasteiger partial charge in [0.1, 0.15) is 0 Å². The van der Waals surface area contributed by atoms with Crippen molar-refractivity contribution in [1.82, 2.24) is 4.90 Å². The lowest BCUT2D eigenvalue weighted by atomic mass is 9.99. The fraction of sp³-hybridized carbons (Fsp3) is 0.909. The molecule has 2 heterocycles. The van der Waals surface area contributed by atoms with Crippen molar-refractivity contribution in [3.8, 4) is 6.07 Å². The Morgan fingerprint density at radius 1 is 1.27 bits per heavy atom. The van der Waals surface area contributed by atoms with Gasteiger partial charge in [0, 0.05) is 32.8 Å². The normalized spacial score (nSPS) is 29.9. The first-order valence-electron chi connectivity index (χ1n) is 5.70. The van der Waals surface area contributed by atoms with E-state index in [0.717, 1.165) is 51.6 Å². The molecule has 4 nitrogen and oxygen atoms in total. The van der Waals surface area contributed by atoms with Crippen LogP contribution < -0.4 is 0 Å². The Bertz CT molecular complexity index is 233. The topological polar surface area (TPSA) is 45.5 Å². The quantitative estimate of drug-likeness (QED) is 0.671. The summed E-state index contributed by atoms with van der Waals surface area (Å²) in [6, 6.07) is 2.18. The summed E-state index contributed by atoms with van der Waals surface area (Å²) in [5.41, 5.74) is 0. The summed E-state index contributed by atoms with van der Waals surface area (Å²) in [4.78, 5) is 2.35. The van der Waals surface area contributed by atoms with Gasteiger partial charge < -0.3 is 9.47 Å². The van der Waals surface area contributed by atoms with Gasteiger partial charge in [0.2, 0.25) is 0 Å². The minimum Gasteiger partial charge on any atom is -0.381 e. The minimum absolute atomic E-state index is 0.224. The molecular weight excluding hydrogens is 192 g/mol. The Balaban J connectivity index is 1.75. The van der Waals surface area contributed by atoms with Crippen LogP contribution in [-0.4, -0.2) is 50.5 Å². The molecule has 2 saturated heterocycles. The molecule has 0 aromatic carbocycles. The first-order valence-corrected chi connectivity index (χ1v) is 5.70. The van der Waals surface area contributed by atoms with Crippen LogP contribution in [0.5, 0.6) is 0 Å². The Morgan fingerprint density at radius 3 is 2.80 bits per heavy atom. The molecule has 0 N–H and O–H groups in total. The van der Waals surface area contributed by atoms with Crippen molar-refractivity contribution in [3.63, 3.8) is 0 Å². The van der Waals surface area contributed by atoms with Gasteiger partial charge in [-0.3, -0.25) is 4.90 Å². The third-order valence-electron chi connectivity index (χ3n) is 3.15. The molecule has 4 heteroatoms. The Labute approximate surface area is 90.8 Å². The number of morpholine rings is 1. The van der Waals surface area contributed by atoms with E-state index < -0.39 is 0 Å². The Kier molecular flexibility index (Phi) is 3.95. The molecule has 15 heavy (non-hydrogen) atoms. The number of nitrogens with zero attached hydrogens (tertiary/aromatic N) is 2.